The van der Waals surface area contributed by atoms with Crippen LogP contribution in [-0.4, -0.2) is 12.0 Å². The van der Waals surface area contributed by atoms with E-state index in [1.807, 2.05) is 25.2 Å². The van der Waals surface area contributed by atoms with E-state index in [0.717, 1.165) is 10.0 Å². The number of nitro benzene ring substituents is 1. The van der Waals surface area contributed by atoms with E-state index in [9.17, 15) is 10.1 Å². The first-order valence-electron chi connectivity index (χ1n) is 6.06. The number of rotatable bonds is 5. The molecule has 7 heteroatoms. The molecule has 0 aromatic heterocycles. The van der Waals surface area contributed by atoms with Gasteiger partial charge in [0.25, 0.3) is 5.69 Å². The highest BCUT2D eigenvalue weighted by molar-refractivity contribution is 9.10. The number of hydrogen-bond acceptors (Lipinski definition) is 4. The van der Waals surface area contributed by atoms with Crippen LogP contribution in [0.5, 0.6) is 11.5 Å². The van der Waals surface area contributed by atoms with Gasteiger partial charge in [-0.25, -0.2) is 0 Å². The molecule has 1 N–H and O–H groups in total. The predicted molar refractivity (Wildman–Crippen MR) is 85.1 cm³/mol. The Kier molecular flexibility index (Phi) is 5.17. The number of hydrogen-bond donors (Lipinski definition) is 1. The lowest BCUT2D eigenvalue weighted by atomic mass is 10.2. The van der Waals surface area contributed by atoms with Crippen molar-refractivity contribution in [1.29, 1.82) is 0 Å². The number of nitrogens with zero attached hydrogens (tertiary/aromatic N) is 1. The minimum Gasteiger partial charge on any atom is -0.457 e. The van der Waals surface area contributed by atoms with Gasteiger partial charge in [0, 0.05) is 28.7 Å². The maximum absolute atomic E-state index is 10.7. The summed E-state index contributed by atoms with van der Waals surface area (Å²) in [6.07, 6.45) is 0. The van der Waals surface area contributed by atoms with Crippen LogP contribution < -0.4 is 10.1 Å². The second-order valence-electron chi connectivity index (χ2n) is 4.25. The molecule has 0 radical (unpaired) electrons. The Morgan fingerprint density at radius 2 is 2.10 bits per heavy atom. The smallest absolute Gasteiger partial charge is 0.288 e. The SMILES string of the molecule is CNCc1ccc(Br)cc1Oc1ccc([N+](=O)[O-])c(Cl)c1. The second-order valence-corrected chi connectivity index (χ2v) is 5.58. The summed E-state index contributed by atoms with van der Waals surface area (Å²) in [4.78, 5) is 10.2. The predicted octanol–water partition coefficient (Wildman–Crippen LogP) is 4.52. The van der Waals surface area contributed by atoms with Crippen molar-refractivity contribution in [2.75, 3.05) is 7.05 Å². The van der Waals surface area contributed by atoms with E-state index >= 15 is 0 Å². The molecule has 0 fully saturated rings. The van der Waals surface area contributed by atoms with E-state index in [1.54, 1.807) is 0 Å². The number of halogens is 2. The lowest BCUT2D eigenvalue weighted by Gasteiger charge is -2.12. The molecule has 110 valence electrons. The van der Waals surface area contributed by atoms with Crippen LogP contribution in [0.2, 0.25) is 5.02 Å². The van der Waals surface area contributed by atoms with Crippen LogP contribution in [0.15, 0.2) is 40.9 Å². The van der Waals surface area contributed by atoms with Crippen molar-refractivity contribution >= 4 is 33.2 Å². The van der Waals surface area contributed by atoms with Gasteiger partial charge in [-0.05, 0) is 25.2 Å². The number of benzene rings is 2. The van der Waals surface area contributed by atoms with E-state index in [2.05, 4.69) is 21.2 Å². The molecular formula is C14H12BrClN2O3. The molecule has 2 aromatic carbocycles. The number of nitro groups is 1. The van der Waals surface area contributed by atoms with Crippen molar-refractivity contribution in [2.24, 2.45) is 0 Å². The summed E-state index contributed by atoms with van der Waals surface area (Å²) in [6, 6.07) is 9.97. The van der Waals surface area contributed by atoms with Crippen LogP contribution in [-0.2, 0) is 6.54 Å². The normalized spacial score (nSPS) is 10.4. The minimum atomic E-state index is -0.530. The van der Waals surface area contributed by atoms with Crippen LogP contribution in [0.4, 0.5) is 5.69 Å². The Bertz CT molecular complexity index is 679. The zero-order valence-electron chi connectivity index (χ0n) is 11.1. The average Bonchev–Trinajstić information content (AvgIpc) is 2.41. The molecule has 0 heterocycles. The topological polar surface area (TPSA) is 64.4 Å². The van der Waals surface area contributed by atoms with Crippen LogP contribution in [0, 0.1) is 10.1 Å². The molecule has 2 rings (SSSR count). The summed E-state index contributed by atoms with van der Waals surface area (Å²) < 4.78 is 6.66. The summed E-state index contributed by atoms with van der Waals surface area (Å²) in [7, 11) is 1.84. The summed E-state index contributed by atoms with van der Waals surface area (Å²) in [5, 5.41) is 13.8. The molecule has 0 unspecified atom stereocenters. The fourth-order valence-electron chi connectivity index (χ4n) is 1.79. The lowest BCUT2D eigenvalue weighted by molar-refractivity contribution is -0.384. The lowest BCUT2D eigenvalue weighted by Crippen LogP contribution is -2.06. The van der Waals surface area contributed by atoms with Crippen molar-refractivity contribution in [3.8, 4) is 11.5 Å². The Balaban J connectivity index is 2.31. The van der Waals surface area contributed by atoms with Crippen LogP contribution in [0.1, 0.15) is 5.56 Å². The highest BCUT2D eigenvalue weighted by Gasteiger charge is 2.13. The first-order valence-corrected chi connectivity index (χ1v) is 7.23. The van der Waals surface area contributed by atoms with Gasteiger partial charge >= 0.3 is 0 Å². The van der Waals surface area contributed by atoms with Gasteiger partial charge in [-0.15, -0.1) is 0 Å². The molecule has 5 nitrogen and oxygen atoms in total. The third-order valence-corrected chi connectivity index (χ3v) is 3.54. The monoisotopic (exact) mass is 370 g/mol. The van der Waals surface area contributed by atoms with Crippen molar-refractivity contribution in [1.82, 2.24) is 5.32 Å². The van der Waals surface area contributed by atoms with Crippen molar-refractivity contribution < 1.29 is 9.66 Å². The molecule has 0 atom stereocenters. The van der Waals surface area contributed by atoms with Gasteiger partial charge in [0.15, 0.2) is 0 Å². The Labute approximate surface area is 135 Å². The third kappa shape index (κ3) is 3.93. The first kappa shape index (κ1) is 15.8. The molecule has 0 saturated heterocycles. The van der Waals surface area contributed by atoms with E-state index in [1.165, 1.54) is 18.2 Å². The molecule has 0 aliphatic heterocycles. The molecule has 21 heavy (non-hydrogen) atoms. The molecule has 0 amide bonds. The summed E-state index contributed by atoms with van der Waals surface area (Å²) in [5.41, 5.74) is 0.823. The van der Waals surface area contributed by atoms with Gasteiger partial charge in [-0.1, -0.05) is 33.6 Å². The van der Waals surface area contributed by atoms with Crippen LogP contribution in [0.3, 0.4) is 0 Å². The molecule has 2 aromatic rings. The van der Waals surface area contributed by atoms with Gasteiger partial charge in [-0.2, -0.15) is 0 Å². The molecule has 0 aliphatic carbocycles. The molecule has 0 spiro atoms. The average molecular weight is 372 g/mol. The van der Waals surface area contributed by atoms with Gasteiger partial charge < -0.3 is 10.1 Å². The van der Waals surface area contributed by atoms with Crippen molar-refractivity contribution in [2.45, 2.75) is 6.54 Å². The van der Waals surface area contributed by atoms with Gasteiger partial charge in [0.1, 0.15) is 16.5 Å². The summed E-state index contributed by atoms with van der Waals surface area (Å²) in [5.74, 6) is 1.10. The Morgan fingerprint density at radius 3 is 2.71 bits per heavy atom. The van der Waals surface area contributed by atoms with Crippen LogP contribution >= 0.6 is 27.5 Å². The fourth-order valence-corrected chi connectivity index (χ4v) is 2.37. The van der Waals surface area contributed by atoms with E-state index < -0.39 is 4.92 Å². The van der Waals surface area contributed by atoms with Gasteiger partial charge in [-0.3, -0.25) is 10.1 Å². The van der Waals surface area contributed by atoms with Crippen molar-refractivity contribution in [3.63, 3.8) is 0 Å². The standard InChI is InChI=1S/C14H12BrClN2O3/c1-17-8-9-2-3-10(15)6-14(9)21-11-4-5-13(18(19)20)12(16)7-11/h2-7,17H,8H2,1H3. The quantitative estimate of drug-likeness (QED) is 0.620. The van der Waals surface area contributed by atoms with E-state index in [0.29, 0.717) is 18.0 Å². The minimum absolute atomic E-state index is 0.0441. The summed E-state index contributed by atoms with van der Waals surface area (Å²) in [6.45, 7) is 0.642. The number of ether oxygens (including phenoxy) is 1. The second kappa shape index (κ2) is 6.89. The third-order valence-electron chi connectivity index (χ3n) is 2.74. The van der Waals surface area contributed by atoms with E-state index in [-0.39, 0.29) is 10.7 Å². The maximum atomic E-state index is 10.7. The maximum Gasteiger partial charge on any atom is 0.288 e. The van der Waals surface area contributed by atoms with Gasteiger partial charge in [0.05, 0.1) is 4.92 Å². The van der Waals surface area contributed by atoms with Crippen LogP contribution in [0.25, 0.3) is 0 Å². The summed E-state index contributed by atoms with van der Waals surface area (Å²) >= 11 is 9.27. The number of nitrogens with one attached hydrogen (secondary N) is 1. The zero-order valence-corrected chi connectivity index (χ0v) is 13.4. The van der Waals surface area contributed by atoms with Crippen molar-refractivity contribution in [3.05, 3.63) is 61.6 Å². The molecule has 0 saturated carbocycles. The first-order chi connectivity index (χ1) is 10.0. The zero-order chi connectivity index (χ0) is 15.4. The molecular weight excluding hydrogens is 360 g/mol. The van der Waals surface area contributed by atoms with E-state index in [4.69, 9.17) is 16.3 Å². The fraction of sp³-hybridized carbons (Fsp3) is 0.143. The highest BCUT2D eigenvalue weighted by atomic mass is 79.9. The Hall–Kier alpha value is -1.63. The largest absolute Gasteiger partial charge is 0.457 e. The van der Waals surface area contributed by atoms with Gasteiger partial charge in [0.2, 0.25) is 0 Å². The molecule has 0 aliphatic rings. The highest BCUT2D eigenvalue weighted by Crippen LogP contribution is 2.33. The molecule has 0 bridgehead atoms. The Morgan fingerprint density at radius 1 is 1.33 bits per heavy atom.